The SMILES string of the molecule is CCOC(O[Si](C(C)C)(C(C)C)C(C)C)C(C)(C)C(O)CCc1ccccc1. The van der Waals surface area contributed by atoms with E-state index in [1.54, 1.807) is 0 Å². The average molecular weight is 409 g/mol. The molecule has 4 heteroatoms. The minimum absolute atomic E-state index is 0.401. The highest BCUT2D eigenvalue weighted by Gasteiger charge is 2.50. The largest absolute Gasteiger partial charge is 0.392 e. The monoisotopic (exact) mass is 408 g/mol. The molecule has 1 aromatic rings. The second-order valence-electron chi connectivity index (χ2n) is 9.58. The molecule has 162 valence electrons. The molecule has 0 bridgehead atoms. The Morgan fingerprint density at radius 3 is 1.86 bits per heavy atom. The van der Waals surface area contributed by atoms with Gasteiger partial charge >= 0.3 is 0 Å². The fourth-order valence-corrected chi connectivity index (χ4v) is 10.2. The lowest BCUT2D eigenvalue weighted by Crippen LogP contribution is -2.55. The molecule has 0 heterocycles. The molecule has 0 aliphatic carbocycles. The van der Waals surface area contributed by atoms with Crippen LogP contribution in [0.4, 0.5) is 0 Å². The molecule has 3 nitrogen and oxygen atoms in total. The van der Waals surface area contributed by atoms with Crippen LogP contribution < -0.4 is 0 Å². The van der Waals surface area contributed by atoms with Gasteiger partial charge in [-0.1, -0.05) is 85.7 Å². The van der Waals surface area contributed by atoms with Gasteiger partial charge in [0.25, 0.3) is 0 Å². The van der Waals surface area contributed by atoms with Crippen LogP contribution in [0.25, 0.3) is 0 Å². The van der Waals surface area contributed by atoms with E-state index in [9.17, 15) is 5.11 Å². The molecule has 0 saturated carbocycles. The first-order valence-electron chi connectivity index (χ1n) is 11.0. The first-order valence-corrected chi connectivity index (χ1v) is 13.1. The van der Waals surface area contributed by atoms with Crippen LogP contribution >= 0.6 is 0 Å². The Bertz CT molecular complexity index is 532. The molecule has 0 radical (unpaired) electrons. The van der Waals surface area contributed by atoms with Crippen LogP contribution in [0, 0.1) is 5.41 Å². The Labute approximate surface area is 175 Å². The van der Waals surface area contributed by atoms with Gasteiger partial charge in [0.05, 0.1) is 6.10 Å². The van der Waals surface area contributed by atoms with Crippen LogP contribution in [0.1, 0.15) is 74.3 Å². The van der Waals surface area contributed by atoms with Gasteiger partial charge in [0.2, 0.25) is 8.32 Å². The van der Waals surface area contributed by atoms with Crippen molar-refractivity contribution in [2.75, 3.05) is 6.61 Å². The fraction of sp³-hybridized carbons (Fsp3) is 0.750. The average Bonchev–Trinajstić information content (AvgIpc) is 2.62. The van der Waals surface area contributed by atoms with Crippen LogP contribution in [0.2, 0.25) is 16.6 Å². The molecular weight excluding hydrogens is 364 g/mol. The van der Waals surface area contributed by atoms with Gasteiger partial charge in [-0.2, -0.15) is 0 Å². The third-order valence-corrected chi connectivity index (χ3v) is 12.4. The number of ether oxygens (including phenoxy) is 1. The maximum Gasteiger partial charge on any atom is 0.203 e. The Hall–Kier alpha value is -0.683. The van der Waals surface area contributed by atoms with Crippen LogP contribution in [0.3, 0.4) is 0 Å². The summed E-state index contributed by atoms with van der Waals surface area (Å²) in [5, 5.41) is 11.1. The second kappa shape index (κ2) is 10.9. The summed E-state index contributed by atoms with van der Waals surface area (Å²) in [6.45, 7) is 20.5. The first-order chi connectivity index (χ1) is 13.0. The molecular formula is C24H44O3Si. The van der Waals surface area contributed by atoms with Gasteiger partial charge in [0, 0.05) is 12.0 Å². The van der Waals surface area contributed by atoms with Gasteiger partial charge in [0.1, 0.15) is 0 Å². The van der Waals surface area contributed by atoms with Gasteiger partial charge in [-0.3, -0.25) is 0 Å². The molecule has 2 unspecified atom stereocenters. The Morgan fingerprint density at radius 2 is 1.43 bits per heavy atom. The van der Waals surface area contributed by atoms with Crippen molar-refractivity contribution in [2.24, 2.45) is 5.41 Å². The molecule has 0 spiro atoms. The lowest BCUT2D eigenvalue weighted by atomic mass is 9.82. The smallest absolute Gasteiger partial charge is 0.203 e. The van der Waals surface area contributed by atoms with Crippen molar-refractivity contribution >= 4 is 8.32 Å². The van der Waals surface area contributed by atoms with Gasteiger partial charge in [0.15, 0.2) is 6.29 Å². The maximum absolute atomic E-state index is 11.1. The summed E-state index contributed by atoms with van der Waals surface area (Å²) < 4.78 is 13.1. The quantitative estimate of drug-likeness (QED) is 0.314. The molecule has 0 aromatic heterocycles. The number of benzene rings is 1. The Morgan fingerprint density at radius 1 is 0.929 bits per heavy atom. The molecule has 28 heavy (non-hydrogen) atoms. The van der Waals surface area contributed by atoms with E-state index in [1.165, 1.54) is 5.56 Å². The van der Waals surface area contributed by atoms with Crippen LogP contribution in [0.5, 0.6) is 0 Å². The zero-order valence-corrected chi connectivity index (χ0v) is 20.7. The number of aryl methyl sites for hydroxylation is 1. The summed E-state index contributed by atoms with van der Waals surface area (Å²) in [6.07, 6.45) is 0.652. The normalized spacial score (nSPS) is 15.5. The summed E-state index contributed by atoms with van der Waals surface area (Å²) in [7, 11) is -2.11. The predicted molar refractivity (Wildman–Crippen MR) is 122 cm³/mol. The van der Waals surface area contributed by atoms with E-state index in [2.05, 4.69) is 67.5 Å². The molecule has 0 aliphatic heterocycles. The van der Waals surface area contributed by atoms with Crippen molar-refractivity contribution in [1.29, 1.82) is 0 Å². The van der Waals surface area contributed by atoms with Crippen LogP contribution in [0.15, 0.2) is 30.3 Å². The number of hydrogen-bond acceptors (Lipinski definition) is 3. The molecule has 0 amide bonds. The topological polar surface area (TPSA) is 38.7 Å². The molecule has 1 rings (SSSR count). The van der Waals surface area contributed by atoms with E-state index in [1.807, 2.05) is 25.1 Å². The molecule has 0 aliphatic rings. The third-order valence-electron chi connectivity index (χ3n) is 6.35. The van der Waals surface area contributed by atoms with Crippen LogP contribution in [-0.2, 0) is 15.6 Å². The summed E-state index contributed by atoms with van der Waals surface area (Å²) in [5.41, 5.74) is 2.21. The van der Waals surface area contributed by atoms with E-state index in [0.717, 1.165) is 6.42 Å². The summed E-state index contributed by atoms with van der Waals surface area (Å²) in [5.74, 6) is 0. The van der Waals surface area contributed by atoms with Gasteiger partial charge < -0.3 is 14.3 Å². The predicted octanol–water partition coefficient (Wildman–Crippen LogP) is 6.56. The van der Waals surface area contributed by atoms with E-state index < -0.39 is 26.1 Å². The molecule has 1 N–H and O–H groups in total. The molecule has 0 fully saturated rings. The van der Waals surface area contributed by atoms with Crippen molar-refractivity contribution in [3.05, 3.63) is 35.9 Å². The molecule has 2 atom stereocenters. The fourth-order valence-electron chi connectivity index (χ4n) is 4.62. The van der Waals surface area contributed by atoms with Crippen molar-refractivity contribution < 1.29 is 14.3 Å². The zero-order chi connectivity index (χ0) is 21.5. The number of aliphatic hydroxyl groups excluding tert-OH is 1. The lowest BCUT2D eigenvalue weighted by Gasteiger charge is -2.48. The summed E-state index contributed by atoms with van der Waals surface area (Å²) in [6, 6.07) is 10.4. The Balaban J connectivity index is 3.05. The minimum atomic E-state index is -2.11. The van der Waals surface area contributed by atoms with Crippen molar-refractivity contribution in [3.8, 4) is 0 Å². The van der Waals surface area contributed by atoms with E-state index in [0.29, 0.717) is 29.7 Å². The molecule has 1 aromatic carbocycles. The summed E-state index contributed by atoms with van der Waals surface area (Å²) >= 11 is 0. The van der Waals surface area contributed by atoms with Crippen molar-refractivity contribution in [2.45, 2.75) is 104 Å². The maximum atomic E-state index is 11.1. The van der Waals surface area contributed by atoms with E-state index in [-0.39, 0.29) is 0 Å². The molecule has 0 saturated heterocycles. The van der Waals surface area contributed by atoms with Crippen LogP contribution in [-0.4, -0.2) is 32.4 Å². The number of aliphatic hydroxyl groups is 1. The van der Waals surface area contributed by atoms with Crippen molar-refractivity contribution in [3.63, 3.8) is 0 Å². The highest BCUT2D eigenvalue weighted by atomic mass is 28.4. The zero-order valence-electron chi connectivity index (χ0n) is 19.7. The Kier molecular flexibility index (Phi) is 9.88. The highest BCUT2D eigenvalue weighted by Crippen LogP contribution is 2.45. The summed E-state index contributed by atoms with van der Waals surface area (Å²) in [4.78, 5) is 0. The number of hydrogen-bond donors (Lipinski definition) is 1. The highest BCUT2D eigenvalue weighted by molar-refractivity contribution is 6.77. The minimum Gasteiger partial charge on any atom is -0.392 e. The lowest BCUT2D eigenvalue weighted by molar-refractivity contribution is -0.185. The first kappa shape index (κ1) is 25.4. The van der Waals surface area contributed by atoms with Crippen molar-refractivity contribution in [1.82, 2.24) is 0 Å². The van der Waals surface area contributed by atoms with E-state index in [4.69, 9.17) is 9.16 Å². The second-order valence-corrected chi connectivity index (χ2v) is 15.0. The van der Waals surface area contributed by atoms with Gasteiger partial charge in [-0.05, 0) is 42.0 Å². The standard InChI is InChI=1S/C24H44O3Si/c1-10-26-23(27-28(18(2)3,19(4)5)20(6)7)24(8,9)22(25)17-16-21-14-12-11-13-15-21/h11-15,18-20,22-23,25H,10,16-17H2,1-9H3. The van der Waals surface area contributed by atoms with Gasteiger partial charge in [-0.15, -0.1) is 0 Å². The third kappa shape index (κ3) is 5.91. The number of rotatable bonds is 12. The van der Waals surface area contributed by atoms with E-state index >= 15 is 0 Å². The van der Waals surface area contributed by atoms with Gasteiger partial charge in [-0.25, -0.2) is 0 Å².